The monoisotopic (exact) mass is 446 g/mol. The van der Waals surface area contributed by atoms with Gasteiger partial charge in [-0.15, -0.1) is 0 Å². The Morgan fingerprint density at radius 3 is 1.59 bits per heavy atom. The third-order valence-corrected chi connectivity index (χ3v) is 5.98. The van der Waals surface area contributed by atoms with E-state index >= 15 is 0 Å². The number of carbonyl (C=O) groups excluding carboxylic acids is 2. The lowest BCUT2D eigenvalue weighted by Crippen LogP contribution is -2.18. The van der Waals surface area contributed by atoms with Gasteiger partial charge in [-0.05, 0) is 31.9 Å². The highest BCUT2D eigenvalue weighted by molar-refractivity contribution is 6.03. The van der Waals surface area contributed by atoms with Gasteiger partial charge in [-0.1, -0.05) is 109 Å². The number of esters is 2. The number of carbonyl (C=O) groups is 2. The van der Waals surface area contributed by atoms with Crippen molar-refractivity contribution in [2.24, 2.45) is 0 Å². The topological polar surface area (TPSA) is 52.6 Å². The van der Waals surface area contributed by atoms with E-state index in [4.69, 9.17) is 9.47 Å². The average Bonchev–Trinajstić information content (AvgIpc) is 2.81. The predicted octanol–water partition coefficient (Wildman–Crippen LogP) is 8.28. The number of hydrogen-bond donors (Lipinski definition) is 0. The molecular formula is C28H46O4. The van der Waals surface area contributed by atoms with E-state index in [-0.39, 0.29) is 17.2 Å². The van der Waals surface area contributed by atoms with Gasteiger partial charge in [0.15, 0.2) is 0 Å². The molecule has 0 bridgehead atoms. The zero-order valence-corrected chi connectivity index (χ0v) is 20.8. The van der Waals surface area contributed by atoms with Gasteiger partial charge >= 0.3 is 11.9 Å². The van der Waals surface area contributed by atoms with E-state index in [1.165, 1.54) is 77.0 Å². The van der Waals surface area contributed by atoms with Crippen LogP contribution in [-0.2, 0) is 9.47 Å². The first-order chi connectivity index (χ1) is 15.6. The molecule has 182 valence electrons. The van der Waals surface area contributed by atoms with Crippen molar-refractivity contribution in [2.45, 2.75) is 123 Å². The number of unbranched alkanes of at least 4 members (excludes halogenated alkanes) is 13. The molecule has 0 fully saturated rings. The number of benzene rings is 1. The Balaban J connectivity index is 2.09. The lowest BCUT2D eigenvalue weighted by Gasteiger charge is -2.13. The van der Waals surface area contributed by atoms with Crippen LogP contribution in [0.3, 0.4) is 0 Å². The summed E-state index contributed by atoms with van der Waals surface area (Å²) in [7, 11) is 0. The van der Waals surface area contributed by atoms with Gasteiger partial charge in [0.05, 0.1) is 23.8 Å². The van der Waals surface area contributed by atoms with Crippen molar-refractivity contribution in [3.63, 3.8) is 0 Å². The van der Waals surface area contributed by atoms with Crippen molar-refractivity contribution in [3.8, 4) is 0 Å². The molecule has 1 atom stereocenters. The van der Waals surface area contributed by atoms with Crippen LogP contribution in [0.2, 0.25) is 0 Å². The van der Waals surface area contributed by atoms with Crippen LogP contribution >= 0.6 is 0 Å². The normalized spacial score (nSPS) is 11.8. The molecule has 0 aliphatic rings. The summed E-state index contributed by atoms with van der Waals surface area (Å²) < 4.78 is 10.8. The molecule has 0 heterocycles. The number of rotatable bonds is 19. The van der Waals surface area contributed by atoms with Crippen LogP contribution in [-0.4, -0.2) is 24.6 Å². The highest BCUT2D eigenvalue weighted by atomic mass is 16.5. The Kier molecular flexibility index (Phi) is 16.5. The molecule has 0 amide bonds. The van der Waals surface area contributed by atoms with Crippen molar-refractivity contribution in [2.75, 3.05) is 6.61 Å². The minimum atomic E-state index is -0.469. The molecule has 1 aromatic rings. The Hall–Kier alpha value is -1.84. The molecule has 0 aliphatic heterocycles. The van der Waals surface area contributed by atoms with Gasteiger partial charge in [0, 0.05) is 0 Å². The molecule has 0 saturated carbocycles. The summed E-state index contributed by atoms with van der Waals surface area (Å²) in [4.78, 5) is 24.8. The summed E-state index contributed by atoms with van der Waals surface area (Å²) in [5.41, 5.74) is 0.560. The van der Waals surface area contributed by atoms with E-state index < -0.39 is 11.9 Å². The smallest absolute Gasteiger partial charge is 0.339 e. The first kappa shape index (κ1) is 28.2. The van der Waals surface area contributed by atoms with Crippen molar-refractivity contribution < 1.29 is 19.1 Å². The summed E-state index contributed by atoms with van der Waals surface area (Å²) in [5.74, 6) is -0.917. The fourth-order valence-electron chi connectivity index (χ4n) is 3.71. The summed E-state index contributed by atoms with van der Waals surface area (Å²) in [6, 6.07) is 6.72. The van der Waals surface area contributed by atoms with Crippen LogP contribution in [0.1, 0.15) is 138 Å². The molecular weight excluding hydrogens is 400 g/mol. The average molecular weight is 447 g/mol. The van der Waals surface area contributed by atoms with Gasteiger partial charge in [-0.2, -0.15) is 0 Å². The molecule has 0 aromatic heterocycles. The van der Waals surface area contributed by atoms with Gasteiger partial charge in [-0.25, -0.2) is 9.59 Å². The van der Waals surface area contributed by atoms with Crippen LogP contribution < -0.4 is 0 Å². The Bertz CT molecular complexity index is 626. The van der Waals surface area contributed by atoms with Crippen molar-refractivity contribution in [3.05, 3.63) is 35.4 Å². The maximum absolute atomic E-state index is 12.4. The first-order valence-corrected chi connectivity index (χ1v) is 13.1. The standard InChI is InChI=1S/C28H46O4/c1-4-6-7-8-9-10-11-12-13-14-15-16-17-20-23-31-27(29)25-21-18-19-22-26(25)28(30)32-24(3)5-2/h18-19,21-22,24H,4-17,20,23H2,1-3H3. The summed E-state index contributed by atoms with van der Waals surface area (Å²) in [6.07, 6.45) is 18.7. The lowest BCUT2D eigenvalue weighted by atomic mass is 10.0. The highest BCUT2D eigenvalue weighted by Gasteiger charge is 2.20. The molecule has 0 saturated heterocycles. The molecule has 32 heavy (non-hydrogen) atoms. The van der Waals surface area contributed by atoms with Crippen molar-refractivity contribution >= 4 is 11.9 Å². The van der Waals surface area contributed by atoms with Gasteiger partial charge in [-0.3, -0.25) is 0 Å². The minimum absolute atomic E-state index is 0.179. The van der Waals surface area contributed by atoms with E-state index in [0.29, 0.717) is 6.61 Å². The van der Waals surface area contributed by atoms with E-state index in [0.717, 1.165) is 19.3 Å². The Labute approximate surface area is 196 Å². The molecule has 1 unspecified atom stereocenters. The van der Waals surface area contributed by atoms with Gasteiger partial charge < -0.3 is 9.47 Å². The quantitative estimate of drug-likeness (QED) is 0.158. The molecule has 0 radical (unpaired) electrons. The maximum Gasteiger partial charge on any atom is 0.339 e. The summed E-state index contributed by atoms with van der Waals surface area (Å²) in [5, 5.41) is 0. The van der Waals surface area contributed by atoms with Crippen molar-refractivity contribution in [1.82, 2.24) is 0 Å². The third kappa shape index (κ3) is 12.9. The van der Waals surface area contributed by atoms with Crippen LogP contribution in [0.4, 0.5) is 0 Å². The highest BCUT2D eigenvalue weighted by Crippen LogP contribution is 2.15. The van der Waals surface area contributed by atoms with E-state index in [1.807, 2.05) is 13.8 Å². The second-order valence-corrected chi connectivity index (χ2v) is 8.90. The SMILES string of the molecule is CCCCCCCCCCCCCCCCOC(=O)c1ccccc1C(=O)OC(C)CC. The number of hydrogen-bond acceptors (Lipinski definition) is 4. The molecule has 0 aliphatic carbocycles. The van der Waals surface area contributed by atoms with Gasteiger partial charge in [0.1, 0.15) is 0 Å². The summed E-state index contributed by atoms with van der Waals surface area (Å²) in [6.45, 7) is 6.45. The maximum atomic E-state index is 12.4. The second-order valence-electron chi connectivity index (χ2n) is 8.90. The van der Waals surface area contributed by atoms with E-state index in [2.05, 4.69) is 6.92 Å². The zero-order chi connectivity index (χ0) is 23.4. The second kappa shape index (κ2) is 18.7. The summed E-state index contributed by atoms with van der Waals surface area (Å²) >= 11 is 0. The number of ether oxygens (including phenoxy) is 2. The van der Waals surface area contributed by atoms with Gasteiger partial charge in [0.25, 0.3) is 0 Å². The van der Waals surface area contributed by atoms with Crippen LogP contribution in [0.15, 0.2) is 24.3 Å². The van der Waals surface area contributed by atoms with E-state index in [9.17, 15) is 9.59 Å². The zero-order valence-electron chi connectivity index (χ0n) is 20.8. The predicted molar refractivity (Wildman–Crippen MR) is 132 cm³/mol. The fourth-order valence-corrected chi connectivity index (χ4v) is 3.71. The lowest BCUT2D eigenvalue weighted by molar-refractivity contribution is 0.0321. The Morgan fingerprint density at radius 2 is 1.12 bits per heavy atom. The van der Waals surface area contributed by atoms with Crippen LogP contribution in [0, 0.1) is 0 Å². The minimum Gasteiger partial charge on any atom is -0.462 e. The third-order valence-electron chi connectivity index (χ3n) is 5.98. The Morgan fingerprint density at radius 1 is 0.688 bits per heavy atom. The van der Waals surface area contributed by atoms with E-state index in [1.54, 1.807) is 24.3 Å². The first-order valence-electron chi connectivity index (χ1n) is 13.1. The molecule has 4 heteroatoms. The molecule has 4 nitrogen and oxygen atoms in total. The van der Waals surface area contributed by atoms with Crippen LogP contribution in [0.5, 0.6) is 0 Å². The molecule has 0 N–H and O–H groups in total. The largest absolute Gasteiger partial charge is 0.462 e. The molecule has 0 spiro atoms. The van der Waals surface area contributed by atoms with Crippen LogP contribution in [0.25, 0.3) is 0 Å². The molecule has 1 aromatic carbocycles. The van der Waals surface area contributed by atoms with Crippen molar-refractivity contribution in [1.29, 1.82) is 0 Å². The molecule has 1 rings (SSSR count). The fraction of sp³-hybridized carbons (Fsp3) is 0.714. The van der Waals surface area contributed by atoms with Gasteiger partial charge in [0.2, 0.25) is 0 Å².